The zero-order chi connectivity index (χ0) is 9.05. The molecular formula is C11H16N2. The average molecular weight is 176 g/mol. The van der Waals surface area contributed by atoms with Crippen molar-refractivity contribution in [3.8, 4) is 0 Å². The Morgan fingerprint density at radius 2 is 2.00 bits per heavy atom. The molecule has 3 rings (SSSR count). The van der Waals surface area contributed by atoms with Crippen molar-refractivity contribution in [2.75, 3.05) is 0 Å². The zero-order valence-electron chi connectivity index (χ0n) is 8.27. The summed E-state index contributed by atoms with van der Waals surface area (Å²) in [7, 11) is 0. The maximum atomic E-state index is 4.43. The van der Waals surface area contributed by atoms with Gasteiger partial charge in [-0.3, -0.25) is 0 Å². The van der Waals surface area contributed by atoms with Gasteiger partial charge in [0, 0.05) is 11.3 Å². The lowest BCUT2D eigenvalue weighted by atomic mass is 9.83. The molecule has 0 aromatic carbocycles. The van der Waals surface area contributed by atoms with E-state index in [0.717, 1.165) is 5.92 Å². The lowest BCUT2D eigenvalue weighted by Gasteiger charge is -2.26. The van der Waals surface area contributed by atoms with Crippen LogP contribution in [0.5, 0.6) is 0 Å². The number of allylic oxidation sites excluding steroid dienone is 1. The molecule has 0 saturated heterocycles. The third-order valence-electron chi connectivity index (χ3n) is 4.13. The van der Waals surface area contributed by atoms with Gasteiger partial charge in [-0.15, -0.1) is 0 Å². The molecule has 0 amide bonds. The Bertz CT molecular complexity index is 290. The van der Waals surface area contributed by atoms with Gasteiger partial charge >= 0.3 is 0 Å². The second kappa shape index (κ2) is 2.23. The van der Waals surface area contributed by atoms with Crippen LogP contribution in [0.2, 0.25) is 0 Å². The van der Waals surface area contributed by atoms with Crippen molar-refractivity contribution < 1.29 is 0 Å². The van der Waals surface area contributed by atoms with Crippen molar-refractivity contribution >= 4 is 0 Å². The fourth-order valence-corrected chi connectivity index (χ4v) is 3.41. The molecule has 2 aliphatic carbocycles. The topological polar surface area (TPSA) is 24.7 Å². The highest BCUT2D eigenvalue weighted by Gasteiger charge is 2.58. The third kappa shape index (κ3) is 0.792. The van der Waals surface area contributed by atoms with Gasteiger partial charge in [0.15, 0.2) is 0 Å². The van der Waals surface area contributed by atoms with Crippen LogP contribution in [-0.2, 0) is 0 Å². The molecule has 2 nitrogen and oxygen atoms in total. The molecule has 0 spiro atoms. The first-order valence-electron chi connectivity index (χ1n) is 5.28. The lowest BCUT2D eigenvalue weighted by Crippen LogP contribution is -2.27. The van der Waals surface area contributed by atoms with E-state index in [-0.39, 0.29) is 0 Å². The highest BCUT2D eigenvalue weighted by atomic mass is 15.2. The first-order chi connectivity index (χ1) is 6.21. The second-order valence-electron chi connectivity index (χ2n) is 5.19. The van der Waals surface area contributed by atoms with E-state index in [2.05, 4.69) is 36.2 Å². The maximum absolute atomic E-state index is 4.43. The third-order valence-corrected chi connectivity index (χ3v) is 4.13. The van der Waals surface area contributed by atoms with Gasteiger partial charge in [-0.25, -0.2) is 0 Å². The first kappa shape index (κ1) is 7.72. The standard InChI is InChI=1S/C11H16N2/c1-11(2)9-7-5-3-4-6-8(7)10(11)13-12-9/h3,5,7-10H,4,6H2,1-2H3. The summed E-state index contributed by atoms with van der Waals surface area (Å²) in [5.41, 5.74) is 0.323. The summed E-state index contributed by atoms with van der Waals surface area (Å²) in [5.74, 6) is 1.49. The summed E-state index contributed by atoms with van der Waals surface area (Å²) in [5, 5.41) is 8.85. The molecule has 0 aromatic heterocycles. The van der Waals surface area contributed by atoms with E-state index in [1.165, 1.54) is 12.8 Å². The van der Waals surface area contributed by atoms with Crippen LogP contribution in [0.25, 0.3) is 0 Å². The summed E-state index contributed by atoms with van der Waals surface area (Å²) in [6.45, 7) is 4.66. The Labute approximate surface area is 79.1 Å². The van der Waals surface area contributed by atoms with E-state index < -0.39 is 0 Å². The van der Waals surface area contributed by atoms with E-state index >= 15 is 0 Å². The molecule has 13 heavy (non-hydrogen) atoms. The molecule has 1 aliphatic heterocycles. The van der Waals surface area contributed by atoms with E-state index in [0.29, 0.717) is 23.4 Å². The summed E-state index contributed by atoms with van der Waals surface area (Å²) in [6.07, 6.45) is 7.28. The smallest absolute Gasteiger partial charge is 0.0846 e. The van der Waals surface area contributed by atoms with Gasteiger partial charge in [-0.2, -0.15) is 10.2 Å². The fourth-order valence-electron chi connectivity index (χ4n) is 3.41. The summed E-state index contributed by atoms with van der Waals surface area (Å²) in [6, 6.07) is 0.978. The highest BCUT2D eigenvalue weighted by Crippen LogP contribution is 2.56. The van der Waals surface area contributed by atoms with Crippen LogP contribution in [0.4, 0.5) is 0 Å². The molecule has 4 atom stereocenters. The van der Waals surface area contributed by atoms with Crippen molar-refractivity contribution in [2.45, 2.75) is 38.8 Å². The molecule has 1 heterocycles. The number of hydrogen-bond donors (Lipinski definition) is 0. The van der Waals surface area contributed by atoms with Crippen molar-refractivity contribution in [3.05, 3.63) is 12.2 Å². The number of nitrogens with zero attached hydrogens (tertiary/aromatic N) is 2. The fraction of sp³-hybridized carbons (Fsp3) is 0.818. The van der Waals surface area contributed by atoms with E-state index in [1.54, 1.807) is 0 Å². The molecule has 0 radical (unpaired) electrons. The quantitative estimate of drug-likeness (QED) is 0.507. The predicted octanol–water partition coefficient (Wildman–Crippen LogP) is 2.81. The number of rotatable bonds is 0. The summed E-state index contributed by atoms with van der Waals surface area (Å²) >= 11 is 0. The number of hydrogen-bond acceptors (Lipinski definition) is 2. The van der Waals surface area contributed by atoms with E-state index in [9.17, 15) is 0 Å². The minimum absolute atomic E-state index is 0.323. The molecule has 70 valence electrons. The SMILES string of the molecule is CC1(C)C2N=NC1C1CCC=CC12. The van der Waals surface area contributed by atoms with Gasteiger partial charge < -0.3 is 0 Å². The number of fused-ring (bicyclic) bond motifs is 5. The summed E-state index contributed by atoms with van der Waals surface area (Å²) < 4.78 is 0. The average Bonchev–Trinajstić information content (AvgIpc) is 2.54. The monoisotopic (exact) mass is 176 g/mol. The molecule has 1 saturated carbocycles. The lowest BCUT2D eigenvalue weighted by molar-refractivity contribution is 0.308. The van der Waals surface area contributed by atoms with Crippen LogP contribution >= 0.6 is 0 Å². The Hall–Kier alpha value is -0.660. The van der Waals surface area contributed by atoms with Gasteiger partial charge in [0.1, 0.15) is 0 Å². The van der Waals surface area contributed by atoms with E-state index in [1.807, 2.05) is 0 Å². The Kier molecular flexibility index (Phi) is 1.32. The largest absolute Gasteiger partial charge is 0.190 e. The predicted molar refractivity (Wildman–Crippen MR) is 51.6 cm³/mol. The summed E-state index contributed by atoms with van der Waals surface area (Å²) in [4.78, 5) is 0. The second-order valence-corrected chi connectivity index (χ2v) is 5.19. The minimum atomic E-state index is 0.323. The highest BCUT2D eigenvalue weighted by molar-refractivity contribution is 5.19. The zero-order valence-corrected chi connectivity index (χ0v) is 8.27. The number of azo groups is 1. The molecular weight excluding hydrogens is 160 g/mol. The van der Waals surface area contributed by atoms with Crippen molar-refractivity contribution in [2.24, 2.45) is 27.5 Å². The van der Waals surface area contributed by atoms with Crippen molar-refractivity contribution in [1.29, 1.82) is 0 Å². The van der Waals surface area contributed by atoms with Crippen LogP contribution in [-0.4, -0.2) is 12.1 Å². The molecule has 0 aromatic rings. The molecule has 1 fully saturated rings. The minimum Gasteiger partial charge on any atom is -0.190 e. The molecule has 0 N–H and O–H groups in total. The van der Waals surface area contributed by atoms with Gasteiger partial charge in [0.25, 0.3) is 0 Å². The molecule has 2 heteroatoms. The van der Waals surface area contributed by atoms with Crippen molar-refractivity contribution in [1.82, 2.24) is 0 Å². The Morgan fingerprint density at radius 1 is 1.23 bits per heavy atom. The van der Waals surface area contributed by atoms with Gasteiger partial charge in [-0.1, -0.05) is 26.0 Å². The van der Waals surface area contributed by atoms with Crippen LogP contribution < -0.4 is 0 Å². The molecule has 2 bridgehead atoms. The van der Waals surface area contributed by atoms with Crippen LogP contribution in [0.3, 0.4) is 0 Å². The van der Waals surface area contributed by atoms with Gasteiger partial charge in [0.05, 0.1) is 12.1 Å². The van der Waals surface area contributed by atoms with Gasteiger partial charge in [-0.05, 0) is 18.8 Å². The normalized spacial score (nSPS) is 49.7. The molecule has 4 unspecified atom stereocenters. The first-order valence-corrected chi connectivity index (χ1v) is 5.28. The van der Waals surface area contributed by atoms with Crippen LogP contribution in [0, 0.1) is 17.3 Å². The van der Waals surface area contributed by atoms with Crippen LogP contribution in [0.15, 0.2) is 22.4 Å². The molecule has 3 aliphatic rings. The van der Waals surface area contributed by atoms with Crippen molar-refractivity contribution in [3.63, 3.8) is 0 Å². The Morgan fingerprint density at radius 3 is 2.77 bits per heavy atom. The van der Waals surface area contributed by atoms with E-state index in [4.69, 9.17) is 0 Å². The van der Waals surface area contributed by atoms with Gasteiger partial charge in [0.2, 0.25) is 0 Å². The maximum Gasteiger partial charge on any atom is 0.0846 e. The van der Waals surface area contributed by atoms with Crippen LogP contribution in [0.1, 0.15) is 26.7 Å². The Balaban J connectivity index is 2.04.